The van der Waals surface area contributed by atoms with Gasteiger partial charge in [0, 0.05) is 40.1 Å². The Morgan fingerprint density at radius 1 is 1.47 bits per heavy atom. The van der Waals surface area contributed by atoms with Crippen LogP contribution in [0.5, 0.6) is 0 Å². The van der Waals surface area contributed by atoms with E-state index in [-0.39, 0.29) is 5.91 Å². The lowest BCUT2D eigenvalue weighted by Gasteiger charge is -2.07. The van der Waals surface area contributed by atoms with E-state index in [1.165, 1.54) is 0 Å². The van der Waals surface area contributed by atoms with Gasteiger partial charge >= 0.3 is 0 Å². The molecule has 17 heavy (non-hydrogen) atoms. The topological polar surface area (TPSA) is 72.2 Å². The maximum absolute atomic E-state index is 11.8. The first-order chi connectivity index (χ1) is 8.04. The number of nitrogens with two attached hydrogens (primary N) is 1. The maximum atomic E-state index is 11.8. The van der Waals surface area contributed by atoms with E-state index in [4.69, 9.17) is 5.73 Å². The summed E-state index contributed by atoms with van der Waals surface area (Å²) in [6, 6.07) is 5.17. The average molecular weight is 254 g/mol. The van der Waals surface area contributed by atoms with Crippen molar-refractivity contribution in [1.82, 2.24) is 5.32 Å². The van der Waals surface area contributed by atoms with Crippen molar-refractivity contribution in [2.45, 2.75) is 13.8 Å². The molecule has 1 rings (SSSR count). The van der Waals surface area contributed by atoms with Gasteiger partial charge in [-0.3, -0.25) is 9.00 Å². The van der Waals surface area contributed by atoms with Gasteiger partial charge in [-0.1, -0.05) is 6.92 Å². The van der Waals surface area contributed by atoms with Crippen LogP contribution in [0.1, 0.15) is 22.8 Å². The highest BCUT2D eigenvalue weighted by Crippen LogP contribution is 2.11. The van der Waals surface area contributed by atoms with Crippen LogP contribution in [0.2, 0.25) is 0 Å². The van der Waals surface area contributed by atoms with E-state index in [0.29, 0.717) is 29.3 Å². The van der Waals surface area contributed by atoms with Gasteiger partial charge in [-0.2, -0.15) is 0 Å². The monoisotopic (exact) mass is 254 g/mol. The van der Waals surface area contributed by atoms with Crippen molar-refractivity contribution in [1.29, 1.82) is 0 Å². The van der Waals surface area contributed by atoms with Gasteiger partial charge in [0.1, 0.15) is 0 Å². The molecule has 0 aliphatic heterocycles. The number of hydrogen-bond acceptors (Lipinski definition) is 3. The summed E-state index contributed by atoms with van der Waals surface area (Å²) in [7, 11) is -0.844. The first kappa shape index (κ1) is 13.7. The van der Waals surface area contributed by atoms with Crippen LogP contribution in [0.25, 0.3) is 0 Å². The molecule has 5 heteroatoms. The van der Waals surface area contributed by atoms with Crippen LogP contribution in [0.3, 0.4) is 0 Å². The molecule has 0 saturated carbocycles. The Labute approximate surface area is 104 Å². The summed E-state index contributed by atoms with van der Waals surface area (Å²) in [5, 5.41) is 2.75. The molecule has 0 saturated heterocycles. The summed E-state index contributed by atoms with van der Waals surface area (Å²) in [5.41, 5.74) is 7.72. The SMILES string of the molecule is CCS(=O)CCNC(=O)c1ccc(N)cc1C. The van der Waals surface area contributed by atoms with E-state index < -0.39 is 10.8 Å². The molecule has 1 amide bonds. The van der Waals surface area contributed by atoms with Crippen molar-refractivity contribution in [2.75, 3.05) is 23.8 Å². The Kier molecular flexibility index (Phi) is 5.15. The lowest BCUT2D eigenvalue weighted by atomic mass is 10.1. The lowest BCUT2D eigenvalue weighted by Crippen LogP contribution is -2.28. The van der Waals surface area contributed by atoms with Crippen LogP contribution in [-0.2, 0) is 10.8 Å². The van der Waals surface area contributed by atoms with Gasteiger partial charge < -0.3 is 11.1 Å². The molecule has 0 spiro atoms. The predicted octanol–water partition coefficient (Wildman–Crippen LogP) is 1.08. The van der Waals surface area contributed by atoms with Gasteiger partial charge in [0.05, 0.1) is 0 Å². The fourth-order valence-electron chi connectivity index (χ4n) is 1.46. The maximum Gasteiger partial charge on any atom is 0.251 e. The summed E-state index contributed by atoms with van der Waals surface area (Å²) in [6.07, 6.45) is 0. The second-order valence-electron chi connectivity index (χ2n) is 3.76. The van der Waals surface area contributed by atoms with E-state index in [1.54, 1.807) is 18.2 Å². The van der Waals surface area contributed by atoms with Crippen molar-refractivity contribution in [3.8, 4) is 0 Å². The number of aryl methyl sites for hydroxylation is 1. The normalized spacial score (nSPS) is 12.1. The molecular weight excluding hydrogens is 236 g/mol. The number of rotatable bonds is 5. The summed E-state index contributed by atoms with van der Waals surface area (Å²) in [4.78, 5) is 11.8. The first-order valence-corrected chi connectivity index (χ1v) is 7.02. The first-order valence-electron chi connectivity index (χ1n) is 5.54. The summed E-state index contributed by atoms with van der Waals surface area (Å²) < 4.78 is 11.2. The third kappa shape index (κ3) is 4.19. The van der Waals surface area contributed by atoms with Crippen LogP contribution in [0.4, 0.5) is 5.69 Å². The number of hydrogen-bond donors (Lipinski definition) is 2. The number of nitrogen functional groups attached to an aromatic ring is 1. The molecule has 0 radical (unpaired) electrons. The van der Waals surface area contributed by atoms with Crippen LogP contribution < -0.4 is 11.1 Å². The molecule has 0 heterocycles. The zero-order valence-corrected chi connectivity index (χ0v) is 11.0. The summed E-state index contributed by atoms with van der Waals surface area (Å²) in [6.45, 7) is 4.14. The van der Waals surface area contributed by atoms with Gasteiger partial charge in [-0.05, 0) is 30.7 Å². The molecule has 1 aromatic rings. The van der Waals surface area contributed by atoms with E-state index >= 15 is 0 Å². The minimum Gasteiger partial charge on any atom is -0.399 e. The average Bonchev–Trinajstić information content (AvgIpc) is 2.28. The molecule has 1 aromatic carbocycles. The van der Waals surface area contributed by atoms with Crippen LogP contribution >= 0.6 is 0 Å². The van der Waals surface area contributed by atoms with Crippen LogP contribution in [0.15, 0.2) is 18.2 Å². The zero-order chi connectivity index (χ0) is 12.8. The highest BCUT2D eigenvalue weighted by atomic mass is 32.2. The van der Waals surface area contributed by atoms with Gasteiger partial charge in [0.25, 0.3) is 5.91 Å². The molecule has 4 nitrogen and oxygen atoms in total. The third-order valence-corrected chi connectivity index (χ3v) is 3.74. The minimum absolute atomic E-state index is 0.143. The lowest BCUT2D eigenvalue weighted by molar-refractivity contribution is 0.0955. The van der Waals surface area contributed by atoms with Crippen molar-refractivity contribution in [3.63, 3.8) is 0 Å². The predicted molar refractivity (Wildman–Crippen MR) is 71.5 cm³/mol. The van der Waals surface area contributed by atoms with Gasteiger partial charge in [-0.15, -0.1) is 0 Å². The number of carbonyl (C=O) groups excluding carboxylic acids is 1. The van der Waals surface area contributed by atoms with Gasteiger partial charge in [0.15, 0.2) is 0 Å². The quantitative estimate of drug-likeness (QED) is 0.772. The Hall–Kier alpha value is -1.36. The number of carbonyl (C=O) groups is 1. The Morgan fingerprint density at radius 3 is 2.76 bits per heavy atom. The fourth-order valence-corrected chi connectivity index (χ4v) is 2.08. The Bertz CT molecular complexity index is 433. The zero-order valence-electron chi connectivity index (χ0n) is 10.2. The molecule has 3 N–H and O–H groups in total. The molecule has 0 fully saturated rings. The standard InChI is InChI=1S/C12H18N2O2S/c1-3-17(16)7-6-14-12(15)11-5-4-10(13)8-9(11)2/h4-5,8H,3,6-7,13H2,1-2H3,(H,14,15). The van der Waals surface area contributed by atoms with Crippen molar-refractivity contribution >= 4 is 22.4 Å². The second kappa shape index (κ2) is 6.39. The molecule has 1 atom stereocenters. The van der Waals surface area contributed by atoms with E-state index in [0.717, 1.165) is 5.56 Å². The molecule has 0 aromatic heterocycles. The summed E-state index contributed by atoms with van der Waals surface area (Å²) in [5.74, 6) is 0.975. The largest absolute Gasteiger partial charge is 0.399 e. The smallest absolute Gasteiger partial charge is 0.251 e. The van der Waals surface area contributed by atoms with Gasteiger partial charge in [-0.25, -0.2) is 0 Å². The van der Waals surface area contributed by atoms with E-state index in [2.05, 4.69) is 5.32 Å². The molecule has 0 aliphatic rings. The van der Waals surface area contributed by atoms with E-state index in [9.17, 15) is 9.00 Å². The Morgan fingerprint density at radius 2 is 2.18 bits per heavy atom. The number of amides is 1. The molecule has 0 bridgehead atoms. The molecule has 94 valence electrons. The summed E-state index contributed by atoms with van der Waals surface area (Å²) >= 11 is 0. The molecule has 0 aliphatic carbocycles. The van der Waals surface area contributed by atoms with Crippen LogP contribution in [0, 0.1) is 6.92 Å². The highest BCUT2D eigenvalue weighted by molar-refractivity contribution is 7.84. The third-order valence-electron chi connectivity index (χ3n) is 2.43. The number of benzene rings is 1. The number of nitrogens with one attached hydrogen (secondary N) is 1. The highest BCUT2D eigenvalue weighted by Gasteiger charge is 2.08. The Balaban J connectivity index is 2.55. The van der Waals surface area contributed by atoms with Crippen molar-refractivity contribution in [2.24, 2.45) is 0 Å². The van der Waals surface area contributed by atoms with Crippen LogP contribution in [-0.4, -0.2) is 28.2 Å². The van der Waals surface area contributed by atoms with Crippen molar-refractivity contribution in [3.05, 3.63) is 29.3 Å². The van der Waals surface area contributed by atoms with Crippen molar-refractivity contribution < 1.29 is 9.00 Å². The minimum atomic E-state index is -0.844. The van der Waals surface area contributed by atoms with Gasteiger partial charge in [0.2, 0.25) is 0 Å². The second-order valence-corrected chi connectivity index (χ2v) is 5.63. The van der Waals surface area contributed by atoms with E-state index in [1.807, 2.05) is 13.8 Å². The fraction of sp³-hybridized carbons (Fsp3) is 0.417. The molecule has 1 unspecified atom stereocenters. The number of anilines is 1. The molecular formula is C12H18N2O2S.